The normalized spacial score (nSPS) is 14.2. The lowest BCUT2D eigenvalue weighted by Crippen LogP contribution is -2.36. The molecule has 25 heavy (non-hydrogen) atoms. The number of morpholine rings is 1. The molecule has 5 nitrogen and oxygen atoms in total. The van der Waals surface area contributed by atoms with E-state index in [0.29, 0.717) is 10.8 Å². The molecule has 1 heterocycles. The number of nitrogens with one attached hydrogen (secondary N) is 1. The van der Waals surface area contributed by atoms with E-state index >= 15 is 0 Å². The molecular formula is C19H21ClN2O3. The summed E-state index contributed by atoms with van der Waals surface area (Å²) in [6.45, 7) is 5.01. The Morgan fingerprint density at radius 1 is 1.24 bits per heavy atom. The van der Waals surface area contributed by atoms with Crippen LogP contribution in [0.2, 0.25) is 5.02 Å². The zero-order valence-electron chi connectivity index (χ0n) is 14.1. The number of ether oxygens (including phenoxy) is 2. The first-order valence-corrected chi connectivity index (χ1v) is 8.61. The van der Waals surface area contributed by atoms with Crippen LogP contribution in [0.15, 0.2) is 42.5 Å². The molecule has 0 aliphatic carbocycles. The summed E-state index contributed by atoms with van der Waals surface area (Å²) in [6, 6.07) is 13.1. The Balaban J connectivity index is 1.56. The molecule has 1 amide bonds. The Labute approximate surface area is 152 Å². The number of carbonyl (C=O) groups excluding carboxylic acids is 1. The minimum Gasteiger partial charge on any atom is -0.484 e. The molecule has 0 spiro atoms. The van der Waals surface area contributed by atoms with Crippen molar-refractivity contribution in [2.45, 2.75) is 6.92 Å². The largest absolute Gasteiger partial charge is 0.484 e. The molecule has 1 N–H and O–H groups in total. The molecule has 1 fully saturated rings. The van der Waals surface area contributed by atoms with E-state index in [1.165, 1.54) is 0 Å². The predicted octanol–water partition coefficient (Wildman–Crippen LogP) is 3.50. The van der Waals surface area contributed by atoms with Crippen LogP contribution in [-0.4, -0.2) is 38.8 Å². The van der Waals surface area contributed by atoms with Crippen molar-refractivity contribution >= 4 is 28.9 Å². The third kappa shape index (κ3) is 4.87. The zero-order chi connectivity index (χ0) is 17.6. The van der Waals surface area contributed by atoms with Gasteiger partial charge in [0.15, 0.2) is 6.61 Å². The summed E-state index contributed by atoms with van der Waals surface area (Å²) >= 11 is 5.98. The van der Waals surface area contributed by atoms with Gasteiger partial charge < -0.3 is 19.7 Å². The van der Waals surface area contributed by atoms with E-state index in [0.717, 1.165) is 43.2 Å². The van der Waals surface area contributed by atoms with Gasteiger partial charge in [-0.2, -0.15) is 0 Å². The number of rotatable bonds is 5. The van der Waals surface area contributed by atoms with Crippen molar-refractivity contribution in [1.82, 2.24) is 0 Å². The van der Waals surface area contributed by atoms with E-state index < -0.39 is 0 Å². The van der Waals surface area contributed by atoms with Gasteiger partial charge in [-0.05, 0) is 48.9 Å². The number of amides is 1. The highest BCUT2D eigenvalue weighted by Gasteiger charge is 2.12. The van der Waals surface area contributed by atoms with Gasteiger partial charge in [0.05, 0.1) is 13.2 Å². The van der Waals surface area contributed by atoms with Crippen molar-refractivity contribution in [2.75, 3.05) is 43.1 Å². The van der Waals surface area contributed by atoms with Crippen LogP contribution in [0.1, 0.15) is 5.56 Å². The highest BCUT2D eigenvalue weighted by molar-refractivity contribution is 6.31. The van der Waals surface area contributed by atoms with E-state index in [1.807, 2.05) is 37.3 Å². The van der Waals surface area contributed by atoms with Gasteiger partial charge in [0.25, 0.3) is 5.91 Å². The fourth-order valence-corrected chi connectivity index (χ4v) is 2.77. The van der Waals surface area contributed by atoms with Crippen LogP contribution in [-0.2, 0) is 9.53 Å². The Bertz CT molecular complexity index is 745. The first kappa shape index (κ1) is 17.6. The molecule has 1 aliphatic rings. The molecule has 1 saturated heterocycles. The number of anilines is 2. The highest BCUT2D eigenvalue weighted by Crippen LogP contribution is 2.22. The summed E-state index contributed by atoms with van der Waals surface area (Å²) in [5.74, 6) is 0.422. The number of aryl methyl sites for hydroxylation is 1. The molecule has 2 aromatic rings. The molecule has 6 heteroatoms. The number of hydrogen-bond donors (Lipinski definition) is 1. The lowest BCUT2D eigenvalue weighted by Gasteiger charge is -2.29. The number of carbonyl (C=O) groups is 1. The first-order valence-electron chi connectivity index (χ1n) is 8.23. The Morgan fingerprint density at radius 3 is 2.80 bits per heavy atom. The lowest BCUT2D eigenvalue weighted by atomic mass is 10.2. The monoisotopic (exact) mass is 360 g/mol. The van der Waals surface area contributed by atoms with Gasteiger partial charge in [-0.25, -0.2) is 0 Å². The fourth-order valence-electron chi connectivity index (χ4n) is 2.65. The Morgan fingerprint density at radius 2 is 2.04 bits per heavy atom. The van der Waals surface area contributed by atoms with Crippen molar-refractivity contribution in [3.8, 4) is 5.75 Å². The molecule has 2 aromatic carbocycles. The van der Waals surface area contributed by atoms with Crippen molar-refractivity contribution in [2.24, 2.45) is 0 Å². The standard InChI is InChI=1S/C19H21ClN2O3/c1-14-11-17(5-6-18(14)20)25-13-19(23)21-15-3-2-4-16(12-15)22-7-9-24-10-8-22/h2-6,11-12H,7-10,13H2,1H3,(H,21,23). The molecule has 3 rings (SSSR count). The number of benzene rings is 2. The van der Waals surface area contributed by atoms with Crippen LogP contribution < -0.4 is 15.0 Å². The number of halogens is 1. The van der Waals surface area contributed by atoms with E-state index in [1.54, 1.807) is 12.1 Å². The summed E-state index contributed by atoms with van der Waals surface area (Å²) in [5, 5.41) is 3.55. The van der Waals surface area contributed by atoms with Gasteiger partial charge >= 0.3 is 0 Å². The summed E-state index contributed by atoms with van der Waals surface area (Å²) in [5.41, 5.74) is 2.75. The second kappa shape index (κ2) is 8.23. The van der Waals surface area contributed by atoms with Gasteiger partial charge in [-0.1, -0.05) is 17.7 Å². The predicted molar refractivity (Wildman–Crippen MR) is 99.8 cm³/mol. The van der Waals surface area contributed by atoms with E-state index in [-0.39, 0.29) is 12.5 Å². The third-order valence-electron chi connectivity index (χ3n) is 4.01. The summed E-state index contributed by atoms with van der Waals surface area (Å²) in [7, 11) is 0. The maximum absolute atomic E-state index is 12.1. The van der Waals surface area contributed by atoms with Gasteiger partial charge in [0.2, 0.25) is 0 Å². The average Bonchev–Trinajstić information content (AvgIpc) is 2.64. The van der Waals surface area contributed by atoms with Crippen LogP contribution in [0.25, 0.3) is 0 Å². The van der Waals surface area contributed by atoms with Crippen molar-refractivity contribution < 1.29 is 14.3 Å². The SMILES string of the molecule is Cc1cc(OCC(=O)Nc2cccc(N3CCOCC3)c2)ccc1Cl. The Hall–Kier alpha value is -2.24. The summed E-state index contributed by atoms with van der Waals surface area (Å²) in [6.07, 6.45) is 0. The van der Waals surface area contributed by atoms with Gasteiger partial charge in [-0.3, -0.25) is 4.79 Å². The lowest BCUT2D eigenvalue weighted by molar-refractivity contribution is -0.118. The minimum absolute atomic E-state index is 0.0527. The smallest absolute Gasteiger partial charge is 0.262 e. The average molecular weight is 361 g/mol. The molecule has 1 aliphatic heterocycles. The topological polar surface area (TPSA) is 50.8 Å². The van der Waals surface area contributed by atoms with Gasteiger partial charge in [0.1, 0.15) is 5.75 Å². The Kier molecular flexibility index (Phi) is 5.79. The van der Waals surface area contributed by atoms with E-state index in [2.05, 4.69) is 10.2 Å². The summed E-state index contributed by atoms with van der Waals surface area (Å²) in [4.78, 5) is 14.4. The van der Waals surface area contributed by atoms with E-state index in [9.17, 15) is 4.79 Å². The minimum atomic E-state index is -0.202. The molecule has 0 bridgehead atoms. The maximum Gasteiger partial charge on any atom is 0.262 e. The van der Waals surface area contributed by atoms with Crippen LogP contribution in [0.5, 0.6) is 5.75 Å². The van der Waals surface area contributed by atoms with Gasteiger partial charge in [-0.15, -0.1) is 0 Å². The van der Waals surface area contributed by atoms with Crippen molar-refractivity contribution in [3.63, 3.8) is 0 Å². The van der Waals surface area contributed by atoms with E-state index in [4.69, 9.17) is 21.1 Å². The van der Waals surface area contributed by atoms with Gasteiger partial charge in [0, 0.05) is 29.5 Å². The van der Waals surface area contributed by atoms with Crippen molar-refractivity contribution in [3.05, 3.63) is 53.1 Å². The second-order valence-electron chi connectivity index (χ2n) is 5.90. The van der Waals surface area contributed by atoms with Crippen molar-refractivity contribution in [1.29, 1.82) is 0 Å². The quantitative estimate of drug-likeness (QED) is 0.886. The maximum atomic E-state index is 12.1. The molecule has 132 valence electrons. The van der Waals surface area contributed by atoms with Crippen LogP contribution in [0, 0.1) is 6.92 Å². The highest BCUT2D eigenvalue weighted by atomic mass is 35.5. The van der Waals surface area contributed by atoms with Crippen LogP contribution >= 0.6 is 11.6 Å². The summed E-state index contributed by atoms with van der Waals surface area (Å²) < 4.78 is 10.9. The molecular weight excluding hydrogens is 340 g/mol. The molecule has 0 unspecified atom stereocenters. The number of hydrogen-bond acceptors (Lipinski definition) is 4. The molecule has 0 saturated carbocycles. The van der Waals surface area contributed by atoms with Crippen LogP contribution in [0.4, 0.5) is 11.4 Å². The second-order valence-corrected chi connectivity index (χ2v) is 6.30. The fraction of sp³-hybridized carbons (Fsp3) is 0.316. The number of nitrogens with zero attached hydrogens (tertiary/aromatic N) is 1. The molecule has 0 aromatic heterocycles. The molecule has 0 atom stereocenters. The third-order valence-corrected chi connectivity index (χ3v) is 4.43. The molecule has 0 radical (unpaired) electrons. The zero-order valence-corrected chi connectivity index (χ0v) is 14.9. The first-order chi connectivity index (χ1) is 12.1. The van der Waals surface area contributed by atoms with Crippen LogP contribution in [0.3, 0.4) is 0 Å².